The van der Waals surface area contributed by atoms with Gasteiger partial charge in [0, 0.05) is 25.7 Å². The van der Waals surface area contributed by atoms with Gasteiger partial charge >= 0.3 is 0 Å². The fraction of sp³-hybridized carbons (Fsp3) is 0.714. The molecule has 0 unspecified atom stereocenters. The maximum Gasteiger partial charge on any atom is 0.297 e. The van der Waals surface area contributed by atoms with Gasteiger partial charge in [-0.1, -0.05) is 25.7 Å². The Balaban J connectivity index is 1.76. The van der Waals surface area contributed by atoms with Gasteiger partial charge in [-0.3, -0.25) is 25.6 Å². The summed E-state index contributed by atoms with van der Waals surface area (Å²) in [6.45, 7) is 3.08. The maximum atomic E-state index is 15.2. The molecular formula is C21H32F3N7O3. The summed E-state index contributed by atoms with van der Waals surface area (Å²) in [5.41, 5.74) is 4.63. The highest BCUT2D eigenvalue weighted by atomic mass is 19.3. The summed E-state index contributed by atoms with van der Waals surface area (Å²) in [5.74, 6) is -3.76. The Morgan fingerprint density at radius 2 is 2.00 bits per heavy atom. The van der Waals surface area contributed by atoms with E-state index in [2.05, 4.69) is 25.7 Å². The van der Waals surface area contributed by atoms with Gasteiger partial charge in [-0.2, -0.15) is 4.39 Å². The number of nitrogens with zero attached hydrogens (tertiary/aromatic N) is 5. The number of hydrazine groups is 1. The summed E-state index contributed by atoms with van der Waals surface area (Å²) in [5, 5.41) is 9.97. The number of amides is 2. The standard InChI is InChI=1S/C21H32F3N7O3/c1-13-10-30(8-7-29(13)2)20-16(22)18(25-19(26-20)17(23)24)27-28-21(33)15(11-31(34)12-32)9-14-5-3-4-6-14/h12-15,17,34H,3-11H2,1-2H3,(H,28,33)(H,25,26,27)/t13-,15-/m1/s1. The van der Waals surface area contributed by atoms with Crippen molar-refractivity contribution in [3.63, 3.8) is 0 Å². The van der Waals surface area contributed by atoms with Gasteiger partial charge in [0.1, 0.15) is 0 Å². The Morgan fingerprint density at radius 1 is 1.29 bits per heavy atom. The number of hydrogen-bond donors (Lipinski definition) is 3. The van der Waals surface area contributed by atoms with Crippen molar-refractivity contribution in [2.45, 2.75) is 51.5 Å². The van der Waals surface area contributed by atoms with Crippen molar-refractivity contribution in [3.8, 4) is 0 Å². The van der Waals surface area contributed by atoms with Crippen LogP contribution >= 0.6 is 0 Å². The van der Waals surface area contributed by atoms with E-state index in [1.54, 1.807) is 4.90 Å². The van der Waals surface area contributed by atoms with Gasteiger partial charge in [0.2, 0.25) is 18.1 Å². The summed E-state index contributed by atoms with van der Waals surface area (Å²) in [6, 6.07) is 0.0600. The number of carbonyl (C=O) groups excluding carboxylic acids is 2. The lowest BCUT2D eigenvalue weighted by Gasteiger charge is -2.38. The SMILES string of the molecule is C[C@@H]1CN(c2nc(C(F)F)nc(NNC(=O)[C@H](CC3CCCC3)CN(O)C=O)c2F)CCN1C. The van der Waals surface area contributed by atoms with E-state index in [0.29, 0.717) is 31.1 Å². The van der Waals surface area contributed by atoms with Gasteiger partial charge in [0.25, 0.3) is 6.43 Å². The molecule has 2 fully saturated rings. The number of hydrogen-bond acceptors (Lipinski definition) is 8. The molecule has 2 heterocycles. The van der Waals surface area contributed by atoms with Crippen molar-refractivity contribution >= 4 is 24.0 Å². The van der Waals surface area contributed by atoms with E-state index in [9.17, 15) is 23.6 Å². The van der Waals surface area contributed by atoms with Crippen LogP contribution in [0, 0.1) is 17.7 Å². The molecule has 10 nitrogen and oxygen atoms in total. The average Bonchev–Trinajstić information content (AvgIpc) is 3.32. The first-order valence-electron chi connectivity index (χ1n) is 11.5. The second kappa shape index (κ2) is 11.6. The number of piperazine rings is 1. The van der Waals surface area contributed by atoms with Crippen molar-refractivity contribution in [1.82, 2.24) is 25.4 Å². The number of rotatable bonds is 10. The van der Waals surface area contributed by atoms with Crippen LogP contribution in [0.15, 0.2) is 0 Å². The van der Waals surface area contributed by atoms with Crippen LogP contribution in [-0.2, 0) is 9.59 Å². The van der Waals surface area contributed by atoms with E-state index >= 15 is 4.39 Å². The van der Waals surface area contributed by atoms with Crippen LogP contribution in [0.25, 0.3) is 0 Å². The lowest BCUT2D eigenvalue weighted by atomic mass is 9.92. The Bertz CT molecular complexity index is 857. The lowest BCUT2D eigenvalue weighted by Crippen LogP contribution is -2.50. The number of halogens is 3. The molecule has 1 aliphatic carbocycles. The monoisotopic (exact) mass is 487 g/mol. The molecule has 2 amide bonds. The highest BCUT2D eigenvalue weighted by Gasteiger charge is 2.30. The number of anilines is 2. The second-order valence-electron chi connectivity index (χ2n) is 9.07. The molecule has 1 aromatic rings. The zero-order valence-corrected chi connectivity index (χ0v) is 19.4. The minimum absolute atomic E-state index is 0.0600. The van der Waals surface area contributed by atoms with Crippen LogP contribution in [0.5, 0.6) is 0 Å². The van der Waals surface area contributed by atoms with Gasteiger partial charge < -0.3 is 9.80 Å². The van der Waals surface area contributed by atoms with Crippen molar-refractivity contribution in [1.29, 1.82) is 0 Å². The van der Waals surface area contributed by atoms with Gasteiger partial charge in [-0.25, -0.2) is 23.8 Å². The minimum Gasteiger partial charge on any atom is -0.351 e. The van der Waals surface area contributed by atoms with E-state index in [1.165, 1.54) is 0 Å². The fourth-order valence-corrected chi connectivity index (χ4v) is 4.49. The first-order chi connectivity index (χ1) is 16.2. The predicted octanol–water partition coefficient (Wildman–Crippen LogP) is 2.18. The summed E-state index contributed by atoms with van der Waals surface area (Å²) in [6.07, 6.45) is 1.56. The third-order valence-corrected chi connectivity index (χ3v) is 6.60. The number of nitrogens with one attached hydrogen (secondary N) is 2. The molecule has 0 spiro atoms. The highest BCUT2D eigenvalue weighted by Crippen LogP contribution is 2.31. The summed E-state index contributed by atoms with van der Waals surface area (Å²) >= 11 is 0. The minimum atomic E-state index is -3.04. The van der Waals surface area contributed by atoms with Crippen LogP contribution in [0.3, 0.4) is 0 Å². The first kappa shape index (κ1) is 25.9. The van der Waals surface area contributed by atoms with Crippen LogP contribution in [0.2, 0.25) is 0 Å². The molecule has 1 aliphatic heterocycles. The Kier molecular flexibility index (Phi) is 8.89. The topological polar surface area (TPSA) is 114 Å². The van der Waals surface area contributed by atoms with Crippen molar-refractivity contribution in [2.75, 3.05) is 43.6 Å². The third-order valence-electron chi connectivity index (χ3n) is 6.60. The zero-order valence-electron chi connectivity index (χ0n) is 19.4. The molecular weight excluding hydrogens is 455 g/mol. The van der Waals surface area contributed by atoms with Crippen LogP contribution < -0.4 is 15.8 Å². The smallest absolute Gasteiger partial charge is 0.297 e. The normalized spacial score (nSPS) is 20.4. The quantitative estimate of drug-likeness (QED) is 0.262. The molecule has 13 heteroatoms. The summed E-state index contributed by atoms with van der Waals surface area (Å²) < 4.78 is 42.1. The number of likely N-dealkylation sites (N-methyl/N-ethyl adjacent to an activating group) is 1. The van der Waals surface area contributed by atoms with E-state index < -0.39 is 35.7 Å². The second-order valence-corrected chi connectivity index (χ2v) is 9.07. The molecule has 3 N–H and O–H groups in total. The molecule has 190 valence electrons. The number of hydroxylamine groups is 2. The largest absolute Gasteiger partial charge is 0.351 e. The Hall–Kier alpha value is -2.67. The molecule has 0 radical (unpaired) electrons. The fourth-order valence-electron chi connectivity index (χ4n) is 4.49. The van der Waals surface area contributed by atoms with Crippen LogP contribution in [0.4, 0.5) is 24.8 Å². The third kappa shape index (κ3) is 6.47. The maximum absolute atomic E-state index is 15.2. The Labute approximate surface area is 196 Å². The molecule has 1 saturated carbocycles. The first-order valence-corrected chi connectivity index (χ1v) is 11.5. The molecule has 1 saturated heterocycles. The lowest BCUT2D eigenvalue weighted by molar-refractivity contribution is -0.154. The number of carbonyl (C=O) groups is 2. The highest BCUT2D eigenvalue weighted by molar-refractivity contribution is 5.80. The van der Waals surface area contributed by atoms with Gasteiger partial charge in [-0.05, 0) is 26.3 Å². The summed E-state index contributed by atoms with van der Waals surface area (Å²) in [7, 11) is 1.92. The van der Waals surface area contributed by atoms with Gasteiger partial charge in [0.05, 0.1) is 12.5 Å². The van der Waals surface area contributed by atoms with E-state index in [4.69, 9.17) is 0 Å². The zero-order chi connectivity index (χ0) is 24.8. The van der Waals surface area contributed by atoms with Gasteiger partial charge in [-0.15, -0.1) is 0 Å². The summed E-state index contributed by atoms with van der Waals surface area (Å²) in [4.78, 5) is 34.6. The molecule has 2 atom stereocenters. The van der Waals surface area contributed by atoms with E-state index in [0.717, 1.165) is 25.7 Å². The molecule has 2 aliphatic rings. The van der Waals surface area contributed by atoms with Crippen LogP contribution in [0.1, 0.15) is 51.3 Å². The van der Waals surface area contributed by atoms with Crippen molar-refractivity contribution in [2.24, 2.45) is 11.8 Å². The number of aromatic nitrogens is 2. The molecule has 0 bridgehead atoms. The molecule has 34 heavy (non-hydrogen) atoms. The molecule has 0 aromatic carbocycles. The van der Waals surface area contributed by atoms with E-state index in [-0.39, 0.29) is 30.7 Å². The average molecular weight is 488 g/mol. The Morgan fingerprint density at radius 3 is 2.62 bits per heavy atom. The van der Waals surface area contributed by atoms with Crippen molar-refractivity contribution in [3.05, 3.63) is 11.6 Å². The van der Waals surface area contributed by atoms with Crippen LogP contribution in [-0.4, -0.2) is 76.7 Å². The number of alkyl halides is 2. The van der Waals surface area contributed by atoms with E-state index in [1.807, 2.05) is 14.0 Å². The van der Waals surface area contributed by atoms with Gasteiger partial charge in [0.15, 0.2) is 17.5 Å². The molecule has 3 rings (SSSR count). The predicted molar refractivity (Wildman–Crippen MR) is 118 cm³/mol. The van der Waals surface area contributed by atoms with Crippen molar-refractivity contribution < 1.29 is 28.0 Å². The molecule has 1 aromatic heterocycles.